The van der Waals surface area contributed by atoms with Gasteiger partial charge in [-0.3, -0.25) is 0 Å². The van der Waals surface area contributed by atoms with Crippen molar-refractivity contribution >= 4 is 0 Å². The molecule has 0 bridgehead atoms. The molecule has 2 rings (SSSR count). The first kappa shape index (κ1) is 12.9. The van der Waals surface area contributed by atoms with E-state index in [1.54, 1.807) is 0 Å². The van der Waals surface area contributed by atoms with E-state index in [4.69, 9.17) is 10.3 Å². The number of rotatable bonds is 4. The van der Waals surface area contributed by atoms with Crippen LogP contribution in [0.15, 0.2) is 35.4 Å². The van der Waals surface area contributed by atoms with E-state index in [1.165, 1.54) is 0 Å². The van der Waals surface area contributed by atoms with E-state index in [0.29, 0.717) is 19.4 Å². The van der Waals surface area contributed by atoms with Crippen LogP contribution in [0.3, 0.4) is 0 Å². The van der Waals surface area contributed by atoms with Gasteiger partial charge >= 0.3 is 0 Å². The lowest BCUT2D eigenvalue weighted by Crippen LogP contribution is -2.35. The molecule has 5 nitrogen and oxygen atoms in total. The zero-order valence-corrected chi connectivity index (χ0v) is 10.1. The summed E-state index contributed by atoms with van der Waals surface area (Å²) < 4.78 is 5.77. The van der Waals surface area contributed by atoms with Gasteiger partial charge in [-0.25, -0.2) is 0 Å². The normalized spacial score (nSPS) is 27.5. The van der Waals surface area contributed by atoms with Gasteiger partial charge in [0.1, 0.15) is 0 Å². The van der Waals surface area contributed by atoms with Gasteiger partial charge in [-0.05, 0) is 30.4 Å². The Morgan fingerprint density at radius 1 is 1.33 bits per heavy atom. The summed E-state index contributed by atoms with van der Waals surface area (Å²) in [5.41, 5.74) is 9.50. The second kappa shape index (κ2) is 6.40. The Morgan fingerprint density at radius 3 is 2.78 bits per heavy atom. The van der Waals surface area contributed by atoms with Gasteiger partial charge < -0.3 is 9.84 Å². The molecule has 1 aromatic rings. The fourth-order valence-corrected chi connectivity index (χ4v) is 2.23. The standard InChI is InChI=1S/C13H17N3O2/c14-16-15-12-7-6-11(8-13(12)17)18-9-10-4-2-1-3-5-10/h1-5,11-13,17H,6-9H2/t11-,12-,13-/m0/s1. The minimum absolute atomic E-state index is 0.0466. The molecule has 1 N–H and O–H groups in total. The predicted molar refractivity (Wildman–Crippen MR) is 67.8 cm³/mol. The van der Waals surface area contributed by atoms with Crippen molar-refractivity contribution in [1.29, 1.82) is 0 Å². The van der Waals surface area contributed by atoms with Crippen molar-refractivity contribution in [3.8, 4) is 0 Å². The third-order valence-electron chi connectivity index (χ3n) is 3.26. The molecule has 0 heterocycles. The maximum Gasteiger partial charge on any atom is 0.0720 e. The van der Waals surface area contributed by atoms with Gasteiger partial charge in [0.15, 0.2) is 0 Å². The molecule has 3 atom stereocenters. The number of azide groups is 1. The van der Waals surface area contributed by atoms with E-state index < -0.39 is 6.10 Å². The second-order valence-corrected chi connectivity index (χ2v) is 4.57. The zero-order chi connectivity index (χ0) is 12.8. The molecular weight excluding hydrogens is 230 g/mol. The average Bonchev–Trinajstić information content (AvgIpc) is 2.41. The second-order valence-electron chi connectivity index (χ2n) is 4.57. The average molecular weight is 247 g/mol. The molecule has 0 saturated heterocycles. The van der Waals surface area contributed by atoms with Gasteiger partial charge in [0.05, 0.1) is 24.9 Å². The molecule has 96 valence electrons. The molecule has 1 saturated carbocycles. The molecule has 0 aliphatic heterocycles. The van der Waals surface area contributed by atoms with Crippen molar-refractivity contribution in [1.82, 2.24) is 0 Å². The summed E-state index contributed by atoms with van der Waals surface area (Å²) in [5.74, 6) is 0. The maximum absolute atomic E-state index is 9.82. The van der Waals surface area contributed by atoms with Gasteiger partial charge in [0, 0.05) is 4.91 Å². The molecule has 5 heteroatoms. The fourth-order valence-electron chi connectivity index (χ4n) is 2.23. The van der Waals surface area contributed by atoms with Crippen molar-refractivity contribution in [2.75, 3.05) is 0 Å². The van der Waals surface area contributed by atoms with Crippen LogP contribution >= 0.6 is 0 Å². The van der Waals surface area contributed by atoms with Gasteiger partial charge in [0.2, 0.25) is 0 Å². The van der Waals surface area contributed by atoms with Gasteiger partial charge in [-0.2, -0.15) is 0 Å². The summed E-state index contributed by atoms with van der Waals surface area (Å²) in [7, 11) is 0. The van der Waals surface area contributed by atoms with E-state index in [9.17, 15) is 5.11 Å². The molecule has 1 aliphatic carbocycles. The Balaban J connectivity index is 1.81. The van der Waals surface area contributed by atoms with Crippen LogP contribution in [0.4, 0.5) is 0 Å². The molecule has 0 radical (unpaired) electrons. The van der Waals surface area contributed by atoms with Gasteiger partial charge in [-0.1, -0.05) is 35.4 Å². The number of nitrogens with zero attached hydrogens (tertiary/aromatic N) is 3. The highest BCUT2D eigenvalue weighted by Gasteiger charge is 2.28. The molecule has 0 unspecified atom stereocenters. The number of ether oxygens (including phenoxy) is 1. The van der Waals surface area contributed by atoms with Crippen LogP contribution in [-0.2, 0) is 11.3 Å². The highest BCUT2D eigenvalue weighted by Crippen LogP contribution is 2.24. The molecule has 1 aromatic carbocycles. The number of hydrogen-bond acceptors (Lipinski definition) is 3. The Labute approximate surface area is 106 Å². The lowest BCUT2D eigenvalue weighted by atomic mass is 9.91. The fraction of sp³-hybridized carbons (Fsp3) is 0.538. The van der Waals surface area contributed by atoms with Crippen molar-refractivity contribution in [2.24, 2.45) is 5.11 Å². The molecule has 0 aromatic heterocycles. The van der Waals surface area contributed by atoms with Crippen molar-refractivity contribution < 1.29 is 9.84 Å². The van der Waals surface area contributed by atoms with Crippen LogP contribution in [0.2, 0.25) is 0 Å². The van der Waals surface area contributed by atoms with E-state index in [0.717, 1.165) is 12.0 Å². The van der Waals surface area contributed by atoms with Crippen LogP contribution in [0, 0.1) is 0 Å². The number of aliphatic hydroxyl groups is 1. The molecule has 0 amide bonds. The minimum atomic E-state index is -0.588. The SMILES string of the molecule is [N-]=[N+]=N[C@H]1CC[C@H](OCc2ccccc2)C[C@@H]1O. The molecule has 1 aliphatic rings. The summed E-state index contributed by atoms with van der Waals surface area (Å²) in [4.78, 5) is 2.75. The van der Waals surface area contributed by atoms with Crippen molar-refractivity contribution in [3.63, 3.8) is 0 Å². The molecule has 1 fully saturated rings. The number of aliphatic hydroxyl groups excluding tert-OH is 1. The highest BCUT2D eigenvalue weighted by molar-refractivity contribution is 5.13. The highest BCUT2D eigenvalue weighted by atomic mass is 16.5. The lowest BCUT2D eigenvalue weighted by molar-refractivity contribution is -0.0299. The minimum Gasteiger partial charge on any atom is -0.393 e. The summed E-state index contributed by atoms with van der Waals surface area (Å²) >= 11 is 0. The van der Waals surface area contributed by atoms with Crippen LogP contribution < -0.4 is 0 Å². The predicted octanol–water partition coefficient (Wildman–Crippen LogP) is 2.80. The van der Waals surface area contributed by atoms with E-state index in [-0.39, 0.29) is 12.1 Å². The topological polar surface area (TPSA) is 78.2 Å². The van der Waals surface area contributed by atoms with Crippen LogP contribution in [-0.4, -0.2) is 23.4 Å². The molecule has 0 spiro atoms. The first-order valence-electron chi connectivity index (χ1n) is 6.17. The Morgan fingerprint density at radius 2 is 2.11 bits per heavy atom. The summed E-state index contributed by atoms with van der Waals surface area (Å²) in [6.07, 6.45) is 1.51. The quantitative estimate of drug-likeness (QED) is 0.504. The number of hydrogen-bond donors (Lipinski definition) is 1. The number of benzene rings is 1. The zero-order valence-electron chi connectivity index (χ0n) is 10.1. The Hall–Kier alpha value is -1.55. The Bertz CT molecular complexity index is 418. The summed E-state index contributed by atoms with van der Waals surface area (Å²) in [6.45, 7) is 0.560. The third kappa shape index (κ3) is 3.47. The third-order valence-corrected chi connectivity index (χ3v) is 3.26. The van der Waals surface area contributed by atoms with E-state index >= 15 is 0 Å². The van der Waals surface area contributed by atoms with E-state index in [2.05, 4.69) is 10.0 Å². The smallest absolute Gasteiger partial charge is 0.0720 e. The monoisotopic (exact) mass is 247 g/mol. The Kier molecular flexibility index (Phi) is 4.59. The van der Waals surface area contributed by atoms with Crippen LogP contribution in [0.5, 0.6) is 0 Å². The van der Waals surface area contributed by atoms with Gasteiger partial charge in [-0.15, -0.1) is 0 Å². The van der Waals surface area contributed by atoms with Crippen molar-refractivity contribution in [3.05, 3.63) is 46.3 Å². The first-order valence-corrected chi connectivity index (χ1v) is 6.17. The lowest BCUT2D eigenvalue weighted by Gasteiger charge is -2.30. The van der Waals surface area contributed by atoms with Crippen molar-refractivity contribution in [2.45, 2.75) is 44.1 Å². The summed E-state index contributed by atoms with van der Waals surface area (Å²) in [6, 6.07) is 9.66. The molecule has 18 heavy (non-hydrogen) atoms. The van der Waals surface area contributed by atoms with Gasteiger partial charge in [0.25, 0.3) is 0 Å². The van der Waals surface area contributed by atoms with Crippen LogP contribution in [0.25, 0.3) is 10.4 Å². The first-order chi connectivity index (χ1) is 8.79. The maximum atomic E-state index is 9.82. The van der Waals surface area contributed by atoms with Crippen LogP contribution in [0.1, 0.15) is 24.8 Å². The largest absolute Gasteiger partial charge is 0.393 e. The molecular formula is C13H17N3O2. The van der Waals surface area contributed by atoms with E-state index in [1.807, 2.05) is 30.3 Å². The summed E-state index contributed by atoms with van der Waals surface area (Å²) in [5, 5.41) is 13.4.